The predicted molar refractivity (Wildman–Crippen MR) is 108 cm³/mol. The molecular weight excluding hydrogens is 397 g/mol. The fourth-order valence-corrected chi connectivity index (χ4v) is 4.26. The third-order valence-electron chi connectivity index (χ3n) is 3.95. The minimum absolute atomic E-state index is 0.0358. The van der Waals surface area contributed by atoms with Gasteiger partial charge in [-0.25, -0.2) is 22.3 Å². The minimum Gasteiger partial charge on any atom is -0.478 e. The van der Waals surface area contributed by atoms with Crippen LogP contribution in [-0.2, 0) is 14.8 Å². The first kappa shape index (κ1) is 22.7. The number of hydrogen-bond donors (Lipinski definition) is 3. The van der Waals surface area contributed by atoms with E-state index >= 15 is 0 Å². The average Bonchev–Trinajstić information content (AvgIpc) is 2.61. The summed E-state index contributed by atoms with van der Waals surface area (Å²) in [6.07, 6.45) is -0.117. The van der Waals surface area contributed by atoms with Crippen molar-refractivity contribution >= 4 is 21.6 Å². The highest BCUT2D eigenvalue weighted by atomic mass is 32.2. The van der Waals surface area contributed by atoms with Crippen molar-refractivity contribution in [2.24, 2.45) is 0 Å². The molecule has 3 N–H and O–H groups in total. The van der Waals surface area contributed by atoms with Gasteiger partial charge in [0.05, 0.1) is 4.90 Å². The molecule has 0 amide bonds. The zero-order valence-electron chi connectivity index (χ0n) is 16.4. The van der Waals surface area contributed by atoms with E-state index in [4.69, 9.17) is 0 Å². The molecule has 2 aromatic carbocycles. The van der Waals surface area contributed by atoms with Crippen molar-refractivity contribution in [2.45, 2.75) is 37.6 Å². The van der Waals surface area contributed by atoms with Gasteiger partial charge in [-0.3, -0.25) is 0 Å². The number of benzene rings is 2. The summed E-state index contributed by atoms with van der Waals surface area (Å²) in [5.41, 5.74) is 0.466. The Kier molecular flexibility index (Phi) is 6.94. The Morgan fingerprint density at radius 3 is 1.90 bits per heavy atom. The number of hydrogen-bond acceptors (Lipinski definition) is 4. The molecule has 0 heterocycles. The third-order valence-corrected chi connectivity index (χ3v) is 5.72. The van der Waals surface area contributed by atoms with Gasteiger partial charge in [-0.05, 0) is 61.7 Å². The molecule has 2 rings (SSSR count). The lowest BCUT2D eigenvalue weighted by atomic mass is 9.91. The van der Waals surface area contributed by atoms with Crippen molar-refractivity contribution in [3.63, 3.8) is 0 Å². The molecule has 2 aromatic rings. The van der Waals surface area contributed by atoms with E-state index in [1.807, 2.05) is 0 Å². The van der Waals surface area contributed by atoms with Gasteiger partial charge in [0.25, 0.3) is 0 Å². The Hall–Kier alpha value is -2.55. The van der Waals surface area contributed by atoms with Crippen molar-refractivity contribution in [3.05, 3.63) is 71.0 Å². The molecule has 0 aliphatic carbocycles. The molecule has 0 aliphatic heterocycles. The second kappa shape index (κ2) is 8.86. The number of carboxylic acid groups (broad SMARTS) is 1. The van der Waals surface area contributed by atoms with Gasteiger partial charge in [0.1, 0.15) is 5.82 Å². The summed E-state index contributed by atoms with van der Waals surface area (Å²) in [6, 6.07) is 11.1. The Morgan fingerprint density at radius 2 is 1.48 bits per heavy atom. The van der Waals surface area contributed by atoms with Gasteiger partial charge in [-0.15, -0.1) is 0 Å². The molecule has 0 fully saturated rings. The number of nitrogens with one attached hydrogen (secondary N) is 1. The van der Waals surface area contributed by atoms with Gasteiger partial charge in [-0.2, -0.15) is 0 Å². The normalized spacial score (nSPS) is 13.1. The second-order valence-corrected chi connectivity index (χ2v) is 9.20. The number of rotatable bonds is 7. The lowest BCUT2D eigenvalue weighted by molar-refractivity contribution is -0.132. The summed E-state index contributed by atoms with van der Waals surface area (Å²) in [7, 11) is -3.75. The smallest absolute Gasteiger partial charge is 0.332 e. The van der Waals surface area contributed by atoms with E-state index in [9.17, 15) is 27.8 Å². The maximum absolute atomic E-state index is 13.3. The Balaban J connectivity index is 2.59. The lowest BCUT2D eigenvalue weighted by Gasteiger charge is -2.20. The third kappa shape index (κ3) is 5.96. The lowest BCUT2D eigenvalue weighted by Crippen LogP contribution is -2.40. The van der Waals surface area contributed by atoms with E-state index in [1.54, 1.807) is 20.8 Å². The number of halogens is 1. The van der Waals surface area contributed by atoms with Crippen LogP contribution in [0.1, 0.15) is 38.3 Å². The van der Waals surface area contributed by atoms with Gasteiger partial charge in [0.2, 0.25) is 10.0 Å². The van der Waals surface area contributed by atoms with Gasteiger partial charge < -0.3 is 10.2 Å². The quantitative estimate of drug-likeness (QED) is 0.596. The predicted octanol–water partition coefficient (Wildman–Crippen LogP) is 3.17. The Bertz CT molecular complexity index is 1000. The van der Waals surface area contributed by atoms with E-state index in [2.05, 4.69) is 4.72 Å². The number of sulfonamides is 1. The molecule has 0 saturated carbocycles. The molecule has 6 nitrogen and oxygen atoms in total. The van der Waals surface area contributed by atoms with Crippen LogP contribution in [0.5, 0.6) is 0 Å². The molecule has 0 saturated heterocycles. The number of carbonyl (C=O) groups is 1. The fraction of sp³-hybridized carbons (Fsp3) is 0.286. The molecule has 0 atom stereocenters. The van der Waals surface area contributed by atoms with Crippen LogP contribution in [0.3, 0.4) is 0 Å². The Morgan fingerprint density at radius 1 is 1.00 bits per heavy atom. The SMILES string of the molecule is CC(C)(C)NS(=O)(=O)c1ccc(C(=C(CCO)C(=O)O)c2ccc(F)cc2)cc1. The summed E-state index contributed by atoms with van der Waals surface area (Å²) in [4.78, 5) is 11.8. The molecule has 0 aromatic heterocycles. The molecule has 0 aliphatic rings. The average molecular weight is 421 g/mol. The zero-order valence-corrected chi connectivity index (χ0v) is 17.3. The van der Waals surface area contributed by atoms with Crippen molar-refractivity contribution in [1.82, 2.24) is 4.72 Å². The first-order valence-corrected chi connectivity index (χ1v) is 10.4. The van der Waals surface area contributed by atoms with Crippen LogP contribution in [-0.4, -0.2) is 36.7 Å². The maximum Gasteiger partial charge on any atom is 0.332 e. The van der Waals surface area contributed by atoms with E-state index in [-0.39, 0.29) is 23.5 Å². The molecule has 0 spiro atoms. The van der Waals surface area contributed by atoms with Crippen molar-refractivity contribution < 1.29 is 27.8 Å². The number of aliphatic carboxylic acids is 1. The summed E-state index contributed by atoms with van der Waals surface area (Å²) in [5, 5.41) is 18.9. The minimum atomic E-state index is -3.75. The topological polar surface area (TPSA) is 104 Å². The summed E-state index contributed by atoms with van der Waals surface area (Å²) < 4.78 is 40.9. The van der Waals surface area contributed by atoms with E-state index < -0.39 is 27.3 Å². The first-order chi connectivity index (χ1) is 13.4. The van der Waals surface area contributed by atoms with Crippen molar-refractivity contribution in [2.75, 3.05) is 6.61 Å². The Labute approximate surface area is 169 Å². The van der Waals surface area contributed by atoms with Crippen molar-refractivity contribution in [1.29, 1.82) is 0 Å². The summed E-state index contributed by atoms with van der Waals surface area (Å²) in [5.74, 6) is -1.69. The summed E-state index contributed by atoms with van der Waals surface area (Å²) in [6.45, 7) is 4.79. The first-order valence-electron chi connectivity index (χ1n) is 8.92. The largest absolute Gasteiger partial charge is 0.478 e. The fourth-order valence-electron chi connectivity index (χ4n) is 2.85. The standard InChI is InChI=1S/C21H24FNO5S/c1-21(2,3)23-29(27,28)17-10-6-15(7-11-17)19(18(12-13-24)20(25)26)14-4-8-16(22)9-5-14/h4-11,23-24H,12-13H2,1-3H3,(H,25,26). The van der Waals surface area contributed by atoms with E-state index in [0.29, 0.717) is 16.7 Å². The highest BCUT2D eigenvalue weighted by Gasteiger charge is 2.23. The number of carboxylic acids is 1. The molecule has 29 heavy (non-hydrogen) atoms. The summed E-state index contributed by atoms with van der Waals surface area (Å²) >= 11 is 0. The highest BCUT2D eigenvalue weighted by molar-refractivity contribution is 7.89. The monoisotopic (exact) mass is 421 g/mol. The number of aliphatic hydroxyl groups is 1. The van der Waals surface area contributed by atoms with Crippen LogP contribution in [0.15, 0.2) is 59.0 Å². The number of aliphatic hydroxyl groups excluding tert-OH is 1. The van der Waals surface area contributed by atoms with Gasteiger partial charge in [0.15, 0.2) is 0 Å². The van der Waals surface area contributed by atoms with E-state index in [1.165, 1.54) is 48.5 Å². The van der Waals surface area contributed by atoms with Crippen LogP contribution in [0, 0.1) is 5.82 Å². The van der Waals surface area contributed by atoms with Crippen LogP contribution in [0.25, 0.3) is 5.57 Å². The second-order valence-electron chi connectivity index (χ2n) is 7.52. The molecule has 0 radical (unpaired) electrons. The zero-order chi connectivity index (χ0) is 21.8. The molecule has 0 unspecified atom stereocenters. The highest BCUT2D eigenvalue weighted by Crippen LogP contribution is 2.30. The van der Waals surface area contributed by atoms with Crippen LogP contribution in [0.2, 0.25) is 0 Å². The molecule has 0 bridgehead atoms. The van der Waals surface area contributed by atoms with Gasteiger partial charge in [0, 0.05) is 24.1 Å². The van der Waals surface area contributed by atoms with Crippen LogP contribution < -0.4 is 4.72 Å². The van der Waals surface area contributed by atoms with E-state index in [0.717, 1.165) is 0 Å². The van der Waals surface area contributed by atoms with Gasteiger partial charge in [-0.1, -0.05) is 24.3 Å². The molecular formula is C21H24FNO5S. The van der Waals surface area contributed by atoms with Crippen molar-refractivity contribution in [3.8, 4) is 0 Å². The van der Waals surface area contributed by atoms with Gasteiger partial charge >= 0.3 is 5.97 Å². The maximum atomic E-state index is 13.3. The molecule has 156 valence electrons. The van der Waals surface area contributed by atoms with Crippen LogP contribution >= 0.6 is 0 Å². The van der Waals surface area contributed by atoms with Crippen LogP contribution in [0.4, 0.5) is 4.39 Å². The molecule has 8 heteroatoms.